The number of thioether (sulfide) groups is 1. The summed E-state index contributed by atoms with van der Waals surface area (Å²) in [6.07, 6.45) is 0. The molecule has 0 aliphatic carbocycles. The predicted molar refractivity (Wildman–Crippen MR) is 102 cm³/mol. The zero-order valence-corrected chi connectivity index (χ0v) is 15.0. The van der Waals surface area contributed by atoms with Crippen molar-refractivity contribution in [3.63, 3.8) is 0 Å². The zero-order valence-electron chi connectivity index (χ0n) is 14.2. The van der Waals surface area contributed by atoms with E-state index in [2.05, 4.69) is 9.97 Å². The molecule has 0 fully saturated rings. The number of amides is 1. The Morgan fingerprint density at radius 2 is 2.15 bits per heavy atom. The summed E-state index contributed by atoms with van der Waals surface area (Å²) in [5.74, 6) is 0.868. The van der Waals surface area contributed by atoms with Crippen molar-refractivity contribution in [3.05, 3.63) is 58.4 Å². The first-order valence-electron chi connectivity index (χ1n) is 8.27. The molecule has 1 amide bonds. The van der Waals surface area contributed by atoms with Gasteiger partial charge >= 0.3 is 0 Å². The lowest BCUT2D eigenvalue weighted by Gasteiger charge is -2.29. The van der Waals surface area contributed by atoms with Gasteiger partial charge in [-0.25, -0.2) is 4.98 Å². The number of aromatic nitrogens is 2. The Labute approximate surface area is 154 Å². The third-order valence-electron chi connectivity index (χ3n) is 4.20. The number of H-pyrrole nitrogens is 1. The Bertz CT molecular complexity index is 1050. The standard InChI is InChI=1S/C19H17N3O3S/c1-12-6-7-16-15(10-12)22(8-9-25-16)17(23)11-26-19-20-14-5-3-2-4-13(14)18(24)21-19/h2-7,10H,8-9,11H2,1H3,(H,20,21,24). The second-order valence-electron chi connectivity index (χ2n) is 6.04. The molecule has 0 bridgehead atoms. The quantitative estimate of drug-likeness (QED) is 0.569. The van der Waals surface area contributed by atoms with E-state index >= 15 is 0 Å². The molecule has 4 rings (SSSR count). The van der Waals surface area contributed by atoms with E-state index in [1.807, 2.05) is 31.2 Å². The van der Waals surface area contributed by atoms with Crippen LogP contribution in [0, 0.1) is 6.92 Å². The van der Waals surface area contributed by atoms with Gasteiger partial charge in [-0.05, 0) is 36.8 Å². The molecule has 0 saturated carbocycles. The first kappa shape index (κ1) is 16.7. The van der Waals surface area contributed by atoms with Crippen molar-refractivity contribution in [1.82, 2.24) is 9.97 Å². The van der Waals surface area contributed by atoms with Gasteiger partial charge in [0.15, 0.2) is 5.16 Å². The van der Waals surface area contributed by atoms with Crippen LogP contribution in [0.1, 0.15) is 5.56 Å². The molecule has 6 nitrogen and oxygen atoms in total. The number of hydrogen-bond acceptors (Lipinski definition) is 5. The van der Waals surface area contributed by atoms with E-state index in [4.69, 9.17) is 4.74 Å². The highest BCUT2D eigenvalue weighted by Gasteiger charge is 2.24. The van der Waals surface area contributed by atoms with Crippen LogP contribution in [0.25, 0.3) is 10.9 Å². The van der Waals surface area contributed by atoms with E-state index in [-0.39, 0.29) is 17.2 Å². The summed E-state index contributed by atoms with van der Waals surface area (Å²) < 4.78 is 5.63. The highest BCUT2D eigenvalue weighted by Crippen LogP contribution is 2.33. The molecule has 26 heavy (non-hydrogen) atoms. The average Bonchev–Trinajstić information content (AvgIpc) is 2.65. The SMILES string of the molecule is Cc1ccc2c(c1)N(C(=O)CSc1nc3ccccc3c(=O)[nH]1)CCO2. The largest absolute Gasteiger partial charge is 0.490 e. The van der Waals surface area contributed by atoms with Crippen molar-refractivity contribution in [2.24, 2.45) is 0 Å². The van der Waals surface area contributed by atoms with Crippen LogP contribution >= 0.6 is 11.8 Å². The van der Waals surface area contributed by atoms with Crippen LogP contribution in [-0.2, 0) is 4.79 Å². The molecular formula is C19H17N3O3S. The summed E-state index contributed by atoms with van der Waals surface area (Å²) in [5, 5.41) is 0.987. The number of carbonyl (C=O) groups excluding carboxylic acids is 1. The molecule has 7 heteroatoms. The smallest absolute Gasteiger partial charge is 0.259 e. The Morgan fingerprint density at radius 1 is 1.31 bits per heavy atom. The number of nitrogens with zero attached hydrogens (tertiary/aromatic N) is 2. The summed E-state index contributed by atoms with van der Waals surface area (Å²) in [4.78, 5) is 33.7. The van der Waals surface area contributed by atoms with Gasteiger partial charge in [0.1, 0.15) is 12.4 Å². The minimum atomic E-state index is -0.196. The molecule has 132 valence electrons. The number of ether oxygens (including phenoxy) is 1. The lowest BCUT2D eigenvalue weighted by Crippen LogP contribution is -2.39. The van der Waals surface area contributed by atoms with Crippen molar-refractivity contribution < 1.29 is 9.53 Å². The summed E-state index contributed by atoms with van der Waals surface area (Å²) >= 11 is 1.23. The molecule has 1 aliphatic heterocycles. The van der Waals surface area contributed by atoms with E-state index < -0.39 is 0 Å². The topological polar surface area (TPSA) is 75.3 Å². The van der Waals surface area contributed by atoms with Gasteiger partial charge in [0, 0.05) is 0 Å². The maximum Gasteiger partial charge on any atom is 0.259 e. The second kappa shape index (κ2) is 6.84. The predicted octanol–water partition coefficient (Wildman–Crippen LogP) is 2.75. The highest BCUT2D eigenvalue weighted by molar-refractivity contribution is 7.99. The second-order valence-corrected chi connectivity index (χ2v) is 7.01. The third-order valence-corrected chi connectivity index (χ3v) is 5.06. The first-order valence-corrected chi connectivity index (χ1v) is 9.26. The summed E-state index contributed by atoms with van der Waals surface area (Å²) in [7, 11) is 0. The lowest BCUT2D eigenvalue weighted by atomic mass is 10.1. The van der Waals surface area contributed by atoms with Crippen LogP contribution in [0.3, 0.4) is 0 Å². The number of para-hydroxylation sites is 1. The Balaban J connectivity index is 1.53. The number of fused-ring (bicyclic) bond motifs is 2. The zero-order chi connectivity index (χ0) is 18.1. The van der Waals surface area contributed by atoms with Crippen LogP contribution < -0.4 is 15.2 Å². The van der Waals surface area contributed by atoms with E-state index in [0.717, 1.165) is 17.0 Å². The van der Waals surface area contributed by atoms with Gasteiger partial charge in [0.25, 0.3) is 5.56 Å². The molecule has 2 heterocycles. The van der Waals surface area contributed by atoms with Crippen LogP contribution in [0.5, 0.6) is 5.75 Å². The molecule has 0 spiro atoms. The average molecular weight is 367 g/mol. The Kier molecular flexibility index (Phi) is 4.38. The van der Waals surface area contributed by atoms with E-state index in [0.29, 0.717) is 29.2 Å². The van der Waals surface area contributed by atoms with Gasteiger partial charge in [-0.2, -0.15) is 0 Å². The Morgan fingerprint density at radius 3 is 3.04 bits per heavy atom. The van der Waals surface area contributed by atoms with Gasteiger partial charge in [-0.15, -0.1) is 0 Å². The summed E-state index contributed by atoms with van der Waals surface area (Å²) in [5.41, 5.74) is 2.29. The van der Waals surface area contributed by atoms with Crippen LogP contribution in [0.4, 0.5) is 5.69 Å². The molecule has 2 aromatic carbocycles. The number of aryl methyl sites for hydroxylation is 1. The van der Waals surface area contributed by atoms with E-state index in [1.165, 1.54) is 11.8 Å². The molecular weight excluding hydrogens is 350 g/mol. The minimum Gasteiger partial charge on any atom is -0.490 e. The van der Waals surface area contributed by atoms with Gasteiger partial charge < -0.3 is 14.6 Å². The molecule has 0 saturated heterocycles. The fourth-order valence-electron chi connectivity index (χ4n) is 2.93. The van der Waals surface area contributed by atoms with E-state index in [1.54, 1.807) is 23.1 Å². The van der Waals surface area contributed by atoms with Gasteiger partial charge in [-0.1, -0.05) is 30.0 Å². The monoisotopic (exact) mass is 367 g/mol. The third kappa shape index (κ3) is 3.17. The molecule has 0 radical (unpaired) electrons. The van der Waals surface area contributed by atoms with Crippen molar-refractivity contribution in [2.75, 3.05) is 23.8 Å². The van der Waals surface area contributed by atoms with E-state index in [9.17, 15) is 9.59 Å². The number of carbonyl (C=O) groups is 1. The number of rotatable bonds is 3. The van der Waals surface area contributed by atoms with Gasteiger partial charge in [-0.3, -0.25) is 9.59 Å². The van der Waals surface area contributed by atoms with Crippen molar-refractivity contribution in [2.45, 2.75) is 12.1 Å². The van der Waals surface area contributed by atoms with Crippen LogP contribution in [0.15, 0.2) is 52.4 Å². The number of hydrogen-bond donors (Lipinski definition) is 1. The Hall–Kier alpha value is -2.80. The number of anilines is 1. The van der Waals surface area contributed by atoms with Crippen molar-refractivity contribution in [3.8, 4) is 5.75 Å². The first-order chi connectivity index (χ1) is 12.6. The van der Waals surface area contributed by atoms with Gasteiger partial charge in [0.2, 0.25) is 5.91 Å². The summed E-state index contributed by atoms with van der Waals surface area (Å²) in [6, 6.07) is 13.0. The highest BCUT2D eigenvalue weighted by atomic mass is 32.2. The molecule has 1 N–H and O–H groups in total. The number of aromatic amines is 1. The molecule has 3 aromatic rings. The van der Waals surface area contributed by atoms with Crippen molar-refractivity contribution in [1.29, 1.82) is 0 Å². The fourth-order valence-corrected chi connectivity index (χ4v) is 3.67. The minimum absolute atomic E-state index is 0.0408. The molecule has 1 aliphatic rings. The van der Waals surface area contributed by atoms with Crippen molar-refractivity contribution >= 4 is 34.3 Å². The fraction of sp³-hybridized carbons (Fsp3) is 0.211. The maximum absolute atomic E-state index is 12.7. The maximum atomic E-state index is 12.7. The number of nitrogens with one attached hydrogen (secondary N) is 1. The molecule has 1 aromatic heterocycles. The van der Waals surface area contributed by atoms with Crippen LogP contribution in [0.2, 0.25) is 0 Å². The lowest BCUT2D eigenvalue weighted by molar-refractivity contribution is -0.116. The number of benzene rings is 2. The molecule has 0 unspecified atom stereocenters. The molecule has 0 atom stereocenters. The van der Waals surface area contributed by atoms with Crippen LogP contribution in [-0.4, -0.2) is 34.8 Å². The summed E-state index contributed by atoms with van der Waals surface area (Å²) in [6.45, 7) is 2.96. The normalized spacial score (nSPS) is 13.3. The van der Waals surface area contributed by atoms with Gasteiger partial charge in [0.05, 0.1) is 28.9 Å².